The second-order valence-electron chi connectivity index (χ2n) is 9.16. The number of hydrogen-bond donors (Lipinski definition) is 1. The standard InChI is InChI=1S/C28H27FN4O5/c1-17-5-3-4-6-22(17)31-28-32-23-9-7-18(11-24(23)38-28)12-26(34)33-15-20(29)13-21(33)16-37-25-10-8-19(14-30-25)27(35)36-2/h3-11,14,20-21H,12-13,15-16H2,1-2H3,(H,31,32)/t20-,21-/m0/s1. The highest BCUT2D eigenvalue weighted by Crippen LogP contribution is 2.26. The van der Waals surface area contributed by atoms with Gasteiger partial charge in [-0.2, -0.15) is 4.98 Å². The second kappa shape index (κ2) is 10.9. The van der Waals surface area contributed by atoms with E-state index in [4.69, 9.17) is 9.15 Å². The van der Waals surface area contributed by atoms with Crippen LogP contribution in [0.15, 0.2) is 65.2 Å². The molecule has 1 aliphatic rings. The summed E-state index contributed by atoms with van der Waals surface area (Å²) in [5.41, 5.74) is 4.21. The molecule has 9 nitrogen and oxygen atoms in total. The zero-order valence-corrected chi connectivity index (χ0v) is 21.0. The fraction of sp³-hybridized carbons (Fsp3) is 0.286. The van der Waals surface area contributed by atoms with Gasteiger partial charge >= 0.3 is 5.97 Å². The Morgan fingerprint density at radius 2 is 2.03 bits per heavy atom. The monoisotopic (exact) mass is 518 g/mol. The summed E-state index contributed by atoms with van der Waals surface area (Å²) in [4.78, 5) is 34.8. The fourth-order valence-electron chi connectivity index (χ4n) is 4.45. The van der Waals surface area contributed by atoms with Gasteiger partial charge in [0.15, 0.2) is 5.58 Å². The maximum absolute atomic E-state index is 14.3. The van der Waals surface area contributed by atoms with Gasteiger partial charge in [-0.15, -0.1) is 0 Å². The predicted octanol–water partition coefficient (Wildman–Crippen LogP) is 4.62. The minimum Gasteiger partial charge on any atom is -0.475 e. The Balaban J connectivity index is 1.22. The number of carbonyl (C=O) groups is 2. The van der Waals surface area contributed by atoms with Crippen molar-refractivity contribution in [1.82, 2.24) is 14.9 Å². The molecule has 10 heteroatoms. The predicted molar refractivity (Wildman–Crippen MR) is 138 cm³/mol. The summed E-state index contributed by atoms with van der Waals surface area (Å²) < 4.78 is 30.5. The number of alkyl halides is 1. The van der Waals surface area contributed by atoms with Crippen molar-refractivity contribution < 1.29 is 27.9 Å². The van der Waals surface area contributed by atoms with Crippen molar-refractivity contribution in [2.75, 3.05) is 25.6 Å². The zero-order chi connectivity index (χ0) is 26.6. The van der Waals surface area contributed by atoms with E-state index in [2.05, 4.69) is 20.0 Å². The van der Waals surface area contributed by atoms with Crippen LogP contribution >= 0.6 is 0 Å². The number of oxazole rings is 1. The Kier molecular flexibility index (Phi) is 7.21. The van der Waals surface area contributed by atoms with E-state index in [1.165, 1.54) is 30.3 Å². The highest BCUT2D eigenvalue weighted by molar-refractivity contribution is 5.88. The van der Waals surface area contributed by atoms with Crippen molar-refractivity contribution in [3.63, 3.8) is 0 Å². The van der Waals surface area contributed by atoms with E-state index in [1.807, 2.05) is 37.3 Å². The molecule has 1 fully saturated rings. The topological polar surface area (TPSA) is 107 Å². The number of methoxy groups -OCH3 is 1. The molecule has 5 rings (SSSR count). The van der Waals surface area contributed by atoms with Crippen molar-refractivity contribution in [2.24, 2.45) is 0 Å². The molecular weight excluding hydrogens is 491 g/mol. The third kappa shape index (κ3) is 5.59. The van der Waals surface area contributed by atoms with Crippen LogP contribution in [0.3, 0.4) is 0 Å². The van der Waals surface area contributed by atoms with E-state index < -0.39 is 18.2 Å². The van der Waals surface area contributed by atoms with E-state index >= 15 is 0 Å². The molecule has 2 aromatic heterocycles. The number of rotatable bonds is 8. The molecular formula is C28H27FN4O5. The normalized spacial score (nSPS) is 17.0. The number of nitrogens with zero attached hydrogens (tertiary/aromatic N) is 3. The largest absolute Gasteiger partial charge is 0.475 e. The van der Waals surface area contributed by atoms with Crippen LogP contribution in [0.2, 0.25) is 0 Å². The van der Waals surface area contributed by atoms with Gasteiger partial charge in [-0.25, -0.2) is 14.2 Å². The van der Waals surface area contributed by atoms with Gasteiger partial charge in [-0.05, 0) is 42.3 Å². The van der Waals surface area contributed by atoms with E-state index in [9.17, 15) is 14.0 Å². The summed E-state index contributed by atoms with van der Waals surface area (Å²) >= 11 is 0. The van der Waals surface area contributed by atoms with Crippen LogP contribution in [0.5, 0.6) is 5.88 Å². The summed E-state index contributed by atoms with van der Waals surface area (Å²) in [7, 11) is 1.29. The molecule has 0 aliphatic carbocycles. The molecule has 38 heavy (non-hydrogen) atoms. The van der Waals surface area contributed by atoms with E-state index in [1.54, 1.807) is 12.1 Å². The number of aromatic nitrogens is 2. The first-order valence-corrected chi connectivity index (χ1v) is 12.2. The first-order valence-electron chi connectivity index (χ1n) is 12.2. The smallest absolute Gasteiger partial charge is 0.339 e. The van der Waals surface area contributed by atoms with Crippen LogP contribution in [0.25, 0.3) is 11.1 Å². The third-order valence-electron chi connectivity index (χ3n) is 6.46. The molecule has 1 N–H and O–H groups in total. The lowest BCUT2D eigenvalue weighted by Gasteiger charge is -2.24. The number of fused-ring (bicyclic) bond motifs is 1. The van der Waals surface area contributed by atoms with Gasteiger partial charge in [-0.3, -0.25) is 4.79 Å². The molecule has 0 spiro atoms. The number of hydrogen-bond acceptors (Lipinski definition) is 8. The average Bonchev–Trinajstić information content (AvgIpc) is 3.50. The van der Waals surface area contributed by atoms with Gasteiger partial charge in [0.1, 0.15) is 18.3 Å². The summed E-state index contributed by atoms with van der Waals surface area (Å²) in [6.07, 6.45) is 0.486. The maximum atomic E-state index is 14.3. The maximum Gasteiger partial charge on any atom is 0.339 e. The van der Waals surface area contributed by atoms with E-state index in [0.717, 1.165) is 16.8 Å². The Hall–Kier alpha value is -4.47. The van der Waals surface area contributed by atoms with Crippen LogP contribution < -0.4 is 10.1 Å². The van der Waals surface area contributed by atoms with Crippen molar-refractivity contribution in [2.45, 2.75) is 32.0 Å². The SMILES string of the molecule is COC(=O)c1ccc(OC[C@@H]2C[C@H](F)CN2C(=O)Cc2ccc3nc(Nc4ccccc4C)oc3c2)nc1. The number of pyridine rings is 1. The highest BCUT2D eigenvalue weighted by Gasteiger charge is 2.35. The van der Waals surface area contributed by atoms with Crippen LogP contribution in [0.1, 0.15) is 27.9 Å². The molecule has 2 atom stereocenters. The van der Waals surface area contributed by atoms with Gasteiger partial charge in [0.05, 0.1) is 31.7 Å². The van der Waals surface area contributed by atoms with Crippen LogP contribution in [0, 0.1) is 6.92 Å². The molecule has 4 aromatic rings. The lowest BCUT2D eigenvalue weighted by atomic mass is 10.1. The molecule has 2 aromatic carbocycles. The van der Waals surface area contributed by atoms with Crippen molar-refractivity contribution in [1.29, 1.82) is 0 Å². The first kappa shape index (κ1) is 25.2. The molecule has 1 amide bonds. The average molecular weight is 519 g/mol. The summed E-state index contributed by atoms with van der Waals surface area (Å²) in [5.74, 6) is -0.428. The Morgan fingerprint density at radius 3 is 2.79 bits per heavy atom. The van der Waals surface area contributed by atoms with Crippen molar-refractivity contribution in [3.05, 3.63) is 77.5 Å². The number of benzene rings is 2. The minimum atomic E-state index is -1.13. The quantitative estimate of drug-likeness (QED) is 0.337. The second-order valence-corrected chi connectivity index (χ2v) is 9.16. The van der Waals surface area contributed by atoms with Gasteiger partial charge in [0.25, 0.3) is 6.01 Å². The van der Waals surface area contributed by atoms with E-state index in [0.29, 0.717) is 22.7 Å². The van der Waals surface area contributed by atoms with Gasteiger partial charge < -0.3 is 24.1 Å². The molecule has 0 unspecified atom stereocenters. The Bertz CT molecular complexity index is 1460. The number of nitrogens with one attached hydrogen (secondary N) is 1. The first-order chi connectivity index (χ1) is 18.4. The number of carbonyl (C=O) groups excluding carboxylic acids is 2. The number of ether oxygens (including phenoxy) is 2. The molecule has 196 valence electrons. The van der Waals surface area contributed by atoms with Gasteiger partial charge in [0, 0.05) is 24.4 Å². The van der Waals surface area contributed by atoms with Gasteiger partial charge in [0.2, 0.25) is 11.8 Å². The molecule has 1 aliphatic heterocycles. The molecule has 0 saturated carbocycles. The Labute approximate surface area is 218 Å². The fourth-order valence-corrected chi connectivity index (χ4v) is 4.45. The number of amides is 1. The summed E-state index contributed by atoms with van der Waals surface area (Å²) in [6.45, 7) is 2.09. The summed E-state index contributed by atoms with van der Waals surface area (Å²) in [6, 6.07) is 16.2. The lowest BCUT2D eigenvalue weighted by Crippen LogP contribution is -2.40. The van der Waals surface area contributed by atoms with Crippen molar-refractivity contribution in [3.8, 4) is 5.88 Å². The minimum absolute atomic E-state index is 0.0105. The van der Waals surface area contributed by atoms with Crippen LogP contribution in [0.4, 0.5) is 16.1 Å². The van der Waals surface area contributed by atoms with Crippen molar-refractivity contribution >= 4 is 34.7 Å². The number of anilines is 2. The van der Waals surface area contributed by atoms with E-state index in [-0.39, 0.29) is 37.8 Å². The molecule has 0 bridgehead atoms. The Morgan fingerprint density at radius 1 is 1.18 bits per heavy atom. The number of halogens is 1. The summed E-state index contributed by atoms with van der Waals surface area (Å²) in [5, 5.41) is 3.18. The molecule has 3 heterocycles. The molecule has 0 radical (unpaired) electrons. The number of likely N-dealkylation sites (tertiary alicyclic amines) is 1. The highest BCUT2D eigenvalue weighted by atomic mass is 19.1. The number of esters is 1. The van der Waals surface area contributed by atoms with Gasteiger partial charge in [-0.1, -0.05) is 24.3 Å². The number of aryl methyl sites for hydroxylation is 1. The lowest BCUT2D eigenvalue weighted by molar-refractivity contribution is -0.132. The zero-order valence-electron chi connectivity index (χ0n) is 21.0. The van der Waals surface area contributed by atoms with Crippen LogP contribution in [-0.4, -0.2) is 59.2 Å². The molecule has 1 saturated heterocycles. The third-order valence-corrected chi connectivity index (χ3v) is 6.46. The van der Waals surface area contributed by atoms with Crippen LogP contribution in [-0.2, 0) is 16.0 Å². The number of para-hydroxylation sites is 1.